The predicted molar refractivity (Wildman–Crippen MR) is 31.9 cm³/mol. The fourth-order valence-corrected chi connectivity index (χ4v) is 1.54. The van der Waals surface area contributed by atoms with Gasteiger partial charge in [-0.05, 0) is 12.3 Å². The lowest BCUT2D eigenvalue weighted by atomic mass is 10.2. The number of nitrogens with zero attached hydrogens (tertiary/aromatic N) is 1. The molecule has 0 spiro atoms. The summed E-state index contributed by atoms with van der Waals surface area (Å²) in [6.07, 6.45) is 5.73. The van der Waals surface area contributed by atoms with Gasteiger partial charge in [-0.3, -0.25) is 5.84 Å². The van der Waals surface area contributed by atoms with E-state index in [1.807, 2.05) is 5.01 Å². The topological polar surface area (TPSA) is 29.3 Å². The average molecular weight is 110 g/mol. The van der Waals surface area contributed by atoms with Crippen LogP contribution in [-0.4, -0.2) is 17.6 Å². The van der Waals surface area contributed by atoms with E-state index >= 15 is 0 Å². The fraction of sp³-hybridized carbons (Fsp3) is 0.667. The summed E-state index contributed by atoms with van der Waals surface area (Å²) in [5.74, 6) is 6.37. The van der Waals surface area contributed by atoms with E-state index in [1.54, 1.807) is 0 Å². The van der Waals surface area contributed by atoms with E-state index in [1.165, 1.54) is 6.42 Å². The third-order valence-corrected chi connectivity index (χ3v) is 2.02. The minimum Gasteiger partial charge on any atom is -0.268 e. The Morgan fingerprint density at radius 2 is 2.38 bits per heavy atom. The minimum atomic E-state index is 0.569. The number of hydrogen-bond donors (Lipinski definition) is 1. The van der Waals surface area contributed by atoms with Crippen LogP contribution in [0.1, 0.15) is 6.42 Å². The quantitative estimate of drug-likeness (QED) is 0.354. The molecule has 1 fully saturated rings. The summed E-state index contributed by atoms with van der Waals surface area (Å²) in [5.41, 5.74) is 0. The van der Waals surface area contributed by atoms with Crippen molar-refractivity contribution in [2.24, 2.45) is 11.8 Å². The summed E-state index contributed by atoms with van der Waals surface area (Å²) >= 11 is 0. The summed E-state index contributed by atoms with van der Waals surface area (Å²) < 4.78 is 0. The molecule has 1 aliphatic carbocycles. The molecule has 0 radical (unpaired) electrons. The molecule has 2 atom stereocenters. The Bertz CT molecular complexity index is 130. The predicted octanol–water partition coefficient (Wildman–Crippen LogP) is 0.120. The van der Waals surface area contributed by atoms with Crippen LogP contribution >= 0.6 is 0 Å². The third-order valence-electron chi connectivity index (χ3n) is 2.02. The molecular formula is C6H10N2. The maximum absolute atomic E-state index is 5.60. The largest absolute Gasteiger partial charge is 0.268 e. The Hall–Kier alpha value is -0.340. The Morgan fingerprint density at radius 1 is 1.50 bits per heavy atom. The lowest BCUT2D eigenvalue weighted by Crippen LogP contribution is -2.35. The maximum Gasteiger partial charge on any atom is 0.0427 e. The summed E-state index contributed by atoms with van der Waals surface area (Å²) in [6, 6.07) is 0.569. The molecule has 0 aromatic heterocycles. The van der Waals surface area contributed by atoms with Crippen LogP contribution in [0.15, 0.2) is 12.2 Å². The third kappa shape index (κ3) is 0.443. The molecule has 0 aromatic rings. The standard InChI is InChI=1S/C6H10N2/c7-8-4-5-1-2-6(8)3-5/h1-2,5-6H,3-4,7H2. The van der Waals surface area contributed by atoms with Crippen molar-refractivity contribution in [3.05, 3.63) is 12.2 Å². The van der Waals surface area contributed by atoms with Gasteiger partial charge in [0.25, 0.3) is 0 Å². The minimum absolute atomic E-state index is 0.569. The van der Waals surface area contributed by atoms with Gasteiger partial charge in [0.05, 0.1) is 0 Å². The van der Waals surface area contributed by atoms with E-state index in [9.17, 15) is 0 Å². The van der Waals surface area contributed by atoms with Crippen molar-refractivity contribution in [3.8, 4) is 0 Å². The number of hydrogen-bond acceptors (Lipinski definition) is 2. The normalized spacial score (nSPS) is 44.1. The molecule has 2 unspecified atom stereocenters. The van der Waals surface area contributed by atoms with E-state index in [4.69, 9.17) is 5.84 Å². The molecule has 1 aliphatic heterocycles. The van der Waals surface area contributed by atoms with Crippen LogP contribution in [0.25, 0.3) is 0 Å². The van der Waals surface area contributed by atoms with Crippen LogP contribution < -0.4 is 5.84 Å². The number of rotatable bonds is 0. The molecule has 2 bridgehead atoms. The fourth-order valence-electron chi connectivity index (χ4n) is 1.54. The van der Waals surface area contributed by atoms with Crippen molar-refractivity contribution in [3.63, 3.8) is 0 Å². The van der Waals surface area contributed by atoms with Gasteiger partial charge < -0.3 is 0 Å². The molecule has 1 saturated heterocycles. The molecule has 1 heterocycles. The molecule has 2 N–H and O–H groups in total. The molecule has 2 heteroatoms. The van der Waals surface area contributed by atoms with Gasteiger partial charge in [-0.25, -0.2) is 5.01 Å². The number of hydrazine groups is 1. The van der Waals surface area contributed by atoms with E-state index < -0.39 is 0 Å². The van der Waals surface area contributed by atoms with E-state index in [0.29, 0.717) is 6.04 Å². The Balaban J connectivity index is 2.23. The molecule has 44 valence electrons. The monoisotopic (exact) mass is 110 g/mol. The lowest BCUT2D eigenvalue weighted by molar-refractivity contribution is 0.290. The van der Waals surface area contributed by atoms with Gasteiger partial charge in [-0.1, -0.05) is 12.2 Å². The lowest BCUT2D eigenvalue weighted by Gasteiger charge is -2.15. The first-order chi connectivity index (χ1) is 3.86. The molecule has 0 aromatic carbocycles. The van der Waals surface area contributed by atoms with Crippen LogP contribution in [0.2, 0.25) is 0 Å². The highest BCUT2D eigenvalue weighted by atomic mass is 15.4. The average Bonchev–Trinajstić information content (AvgIpc) is 2.23. The van der Waals surface area contributed by atoms with Crippen LogP contribution in [0.3, 0.4) is 0 Å². The highest BCUT2D eigenvalue weighted by Crippen LogP contribution is 2.28. The Labute approximate surface area is 48.9 Å². The first-order valence-corrected chi connectivity index (χ1v) is 3.06. The number of nitrogens with two attached hydrogens (primary N) is 1. The summed E-state index contributed by atoms with van der Waals surface area (Å²) in [5, 5.41) is 1.92. The molecule has 2 aliphatic rings. The van der Waals surface area contributed by atoms with E-state index in [2.05, 4.69) is 12.2 Å². The van der Waals surface area contributed by atoms with Gasteiger partial charge in [0.15, 0.2) is 0 Å². The summed E-state index contributed by atoms with van der Waals surface area (Å²) in [6.45, 7) is 1.07. The molecule has 0 saturated carbocycles. The first-order valence-electron chi connectivity index (χ1n) is 3.06. The zero-order valence-corrected chi connectivity index (χ0v) is 4.75. The van der Waals surface area contributed by atoms with Gasteiger partial charge in [0, 0.05) is 12.6 Å². The Morgan fingerprint density at radius 3 is 2.62 bits per heavy atom. The van der Waals surface area contributed by atoms with Crippen molar-refractivity contribution < 1.29 is 0 Å². The van der Waals surface area contributed by atoms with Crippen molar-refractivity contribution in [2.45, 2.75) is 12.5 Å². The van der Waals surface area contributed by atoms with Gasteiger partial charge in [0.2, 0.25) is 0 Å². The summed E-state index contributed by atoms with van der Waals surface area (Å²) in [4.78, 5) is 0. The zero-order valence-electron chi connectivity index (χ0n) is 4.75. The molecule has 2 nitrogen and oxygen atoms in total. The van der Waals surface area contributed by atoms with Gasteiger partial charge in [-0.15, -0.1) is 0 Å². The van der Waals surface area contributed by atoms with Gasteiger partial charge in [-0.2, -0.15) is 0 Å². The van der Waals surface area contributed by atoms with Crippen molar-refractivity contribution in [1.82, 2.24) is 5.01 Å². The van der Waals surface area contributed by atoms with Crippen molar-refractivity contribution in [1.29, 1.82) is 0 Å². The van der Waals surface area contributed by atoms with E-state index in [0.717, 1.165) is 12.5 Å². The van der Waals surface area contributed by atoms with Crippen LogP contribution in [0.4, 0.5) is 0 Å². The van der Waals surface area contributed by atoms with Crippen LogP contribution in [0.5, 0.6) is 0 Å². The molecular weight excluding hydrogens is 100 g/mol. The molecule has 2 rings (SSSR count). The summed E-state index contributed by atoms with van der Waals surface area (Å²) in [7, 11) is 0. The van der Waals surface area contributed by atoms with Crippen LogP contribution in [0, 0.1) is 5.92 Å². The maximum atomic E-state index is 5.60. The smallest absolute Gasteiger partial charge is 0.0427 e. The van der Waals surface area contributed by atoms with Gasteiger partial charge in [0.1, 0.15) is 0 Å². The zero-order chi connectivity index (χ0) is 5.56. The second-order valence-electron chi connectivity index (χ2n) is 2.64. The SMILES string of the molecule is NN1CC2C=CC1C2. The second kappa shape index (κ2) is 1.33. The molecule has 0 amide bonds. The second-order valence-corrected chi connectivity index (χ2v) is 2.64. The Kier molecular flexibility index (Phi) is 0.754. The first kappa shape index (κ1) is 4.53. The molecule has 8 heavy (non-hydrogen) atoms. The van der Waals surface area contributed by atoms with E-state index in [-0.39, 0.29) is 0 Å². The highest BCUT2D eigenvalue weighted by Gasteiger charge is 2.30. The van der Waals surface area contributed by atoms with Crippen LogP contribution in [-0.2, 0) is 0 Å². The van der Waals surface area contributed by atoms with Gasteiger partial charge >= 0.3 is 0 Å². The van der Waals surface area contributed by atoms with Crippen molar-refractivity contribution >= 4 is 0 Å². The van der Waals surface area contributed by atoms with Crippen molar-refractivity contribution in [2.75, 3.05) is 6.54 Å². The number of fused-ring (bicyclic) bond motifs is 2. The highest BCUT2D eigenvalue weighted by molar-refractivity contribution is 5.11.